The largest absolute Gasteiger partial charge is 0.485 e. The number of furan rings is 1. The fourth-order valence-corrected chi connectivity index (χ4v) is 4.84. The van der Waals surface area contributed by atoms with Gasteiger partial charge in [-0.05, 0) is 54.8 Å². The number of amides is 2. The van der Waals surface area contributed by atoms with Gasteiger partial charge in [0, 0.05) is 6.04 Å². The van der Waals surface area contributed by atoms with E-state index in [-0.39, 0.29) is 25.1 Å². The molecule has 2 unspecified atom stereocenters. The van der Waals surface area contributed by atoms with Crippen molar-refractivity contribution < 1.29 is 27.9 Å². The number of benzene rings is 2. The highest BCUT2D eigenvalue weighted by atomic mass is 19.1. The van der Waals surface area contributed by atoms with Gasteiger partial charge in [-0.15, -0.1) is 0 Å². The lowest BCUT2D eigenvalue weighted by Crippen LogP contribution is -2.52. The SMILES string of the molecule is O=C(NC1CCCCC1)C(c1ccc(F)cc1)N(Cc1ccco1)C(=O)C1COc2ccccc2O1. The molecule has 0 bridgehead atoms. The fraction of sp³-hybridized carbons (Fsp3) is 0.357. The van der Waals surface area contributed by atoms with E-state index in [1.54, 1.807) is 30.3 Å². The standard InChI is InChI=1S/C28H29FN2O5/c29-20-14-12-19(13-15-20)26(27(32)30-21-7-2-1-3-8-21)31(17-22-9-6-16-34-22)28(33)25-18-35-23-10-4-5-11-24(23)36-25/h4-6,9-16,21,25-26H,1-3,7-8,17-18H2,(H,30,32). The molecule has 0 spiro atoms. The molecule has 7 nitrogen and oxygen atoms in total. The smallest absolute Gasteiger partial charge is 0.268 e. The molecule has 1 aromatic heterocycles. The zero-order chi connectivity index (χ0) is 24.9. The normalized spacial score (nSPS) is 18.3. The Morgan fingerprint density at radius 3 is 2.44 bits per heavy atom. The van der Waals surface area contributed by atoms with Crippen molar-refractivity contribution in [2.24, 2.45) is 0 Å². The number of hydrogen-bond donors (Lipinski definition) is 1. The van der Waals surface area contributed by atoms with Gasteiger partial charge in [-0.25, -0.2) is 4.39 Å². The average molecular weight is 493 g/mol. The summed E-state index contributed by atoms with van der Waals surface area (Å²) < 4.78 is 31.1. The molecule has 2 aliphatic rings. The quantitative estimate of drug-likeness (QED) is 0.514. The molecule has 1 aliphatic heterocycles. The van der Waals surface area contributed by atoms with E-state index in [4.69, 9.17) is 13.9 Å². The second kappa shape index (κ2) is 10.8. The summed E-state index contributed by atoms with van der Waals surface area (Å²) >= 11 is 0. The fourth-order valence-electron chi connectivity index (χ4n) is 4.84. The van der Waals surface area contributed by atoms with Crippen LogP contribution in [-0.4, -0.2) is 35.5 Å². The Hall–Kier alpha value is -3.81. The van der Waals surface area contributed by atoms with Crippen LogP contribution in [0.5, 0.6) is 11.5 Å². The van der Waals surface area contributed by atoms with E-state index in [1.807, 2.05) is 6.07 Å². The first-order chi connectivity index (χ1) is 17.6. The van der Waals surface area contributed by atoms with E-state index in [2.05, 4.69) is 5.32 Å². The molecule has 2 amide bonds. The highest BCUT2D eigenvalue weighted by Crippen LogP contribution is 2.33. The molecule has 3 aromatic rings. The van der Waals surface area contributed by atoms with Crippen LogP contribution >= 0.6 is 0 Å². The third-order valence-electron chi connectivity index (χ3n) is 6.67. The van der Waals surface area contributed by atoms with Crippen LogP contribution in [0.2, 0.25) is 0 Å². The summed E-state index contributed by atoms with van der Waals surface area (Å²) in [4.78, 5) is 29.1. The molecule has 5 rings (SSSR count). The Balaban J connectivity index is 1.48. The molecule has 2 atom stereocenters. The minimum Gasteiger partial charge on any atom is -0.485 e. The Bertz CT molecular complexity index is 1170. The predicted molar refractivity (Wildman–Crippen MR) is 130 cm³/mol. The number of halogens is 1. The van der Waals surface area contributed by atoms with Crippen molar-refractivity contribution in [3.8, 4) is 11.5 Å². The molecule has 0 saturated heterocycles. The molecule has 1 fully saturated rings. The van der Waals surface area contributed by atoms with E-state index >= 15 is 0 Å². The van der Waals surface area contributed by atoms with Crippen molar-refractivity contribution >= 4 is 11.8 Å². The Labute approximate surface area is 209 Å². The molecule has 2 heterocycles. The van der Waals surface area contributed by atoms with Crippen LogP contribution in [0.15, 0.2) is 71.3 Å². The highest BCUT2D eigenvalue weighted by Gasteiger charge is 2.39. The summed E-state index contributed by atoms with van der Waals surface area (Å²) in [6, 6.07) is 15.3. The van der Waals surface area contributed by atoms with Gasteiger partial charge in [0.25, 0.3) is 5.91 Å². The maximum Gasteiger partial charge on any atom is 0.268 e. The minimum atomic E-state index is -1.01. The van der Waals surface area contributed by atoms with Crippen molar-refractivity contribution in [2.45, 2.75) is 56.8 Å². The van der Waals surface area contributed by atoms with Gasteiger partial charge in [0.05, 0.1) is 12.8 Å². The third-order valence-corrected chi connectivity index (χ3v) is 6.67. The summed E-state index contributed by atoms with van der Waals surface area (Å²) in [7, 11) is 0. The Morgan fingerprint density at radius 2 is 1.72 bits per heavy atom. The van der Waals surface area contributed by atoms with Gasteiger partial charge in [-0.3, -0.25) is 9.59 Å². The van der Waals surface area contributed by atoms with Crippen LogP contribution in [-0.2, 0) is 16.1 Å². The number of rotatable bonds is 7. The molecule has 1 saturated carbocycles. The van der Waals surface area contributed by atoms with E-state index in [1.165, 1.54) is 35.4 Å². The first-order valence-electron chi connectivity index (χ1n) is 12.4. The van der Waals surface area contributed by atoms with E-state index in [0.29, 0.717) is 22.8 Å². The Kier molecular flexibility index (Phi) is 7.21. The number of carbonyl (C=O) groups is 2. The number of carbonyl (C=O) groups excluding carboxylic acids is 2. The summed E-state index contributed by atoms with van der Waals surface area (Å²) in [5.74, 6) is 0.377. The van der Waals surface area contributed by atoms with E-state index in [9.17, 15) is 14.0 Å². The topological polar surface area (TPSA) is 81.0 Å². The van der Waals surface area contributed by atoms with Crippen LogP contribution in [0.3, 0.4) is 0 Å². The van der Waals surface area contributed by atoms with Gasteiger partial charge in [-0.2, -0.15) is 0 Å². The highest BCUT2D eigenvalue weighted by molar-refractivity contribution is 5.91. The minimum absolute atomic E-state index is 0.00484. The average Bonchev–Trinajstić information content (AvgIpc) is 3.42. The summed E-state index contributed by atoms with van der Waals surface area (Å²) in [5, 5.41) is 3.14. The molecule has 2 aromatic carbocycles. The van der Waals surface area contributed by atoms with Crippen molar-refractivity contribution in [3.05, 3.63) is 84.1 Å². The zero-order valence-corrected chi connectivity index (χ0v) is 19.9. The second-order valence-electron chi connectivity index (χ2n) is 9.21. The summed E-state index contributed by atoms with van der Waals surface area (Å²) in [5.41, 5.74) is 0.502. The zero-order valence-electron chi connectivity index (χ0n) is 19.9. The maximum atomic E-state index is 13.9. The van der Waals surface area contributed by atoms with Crippen LogP contribution in [0.1, 0.15) is 49.5 Å². The van der Waals surface area contributed by atoms with Crippen LogP contribution in [0, 0.1) is 5.82 Å². The monoisotopic (exact) mass is 492 g/mol. The van der Waals surface area contributed by atoms with Crippen molar-refractivity contribution in [1.29, 1.82) is 0 Å². The molecular weight excluding hydrogens is 463 g/mol. The molecule has 188 valence electrons. The lowest BCUT2D eigenvalue weighted by Gasteiger charge is -2.36. The number of nitrogens with zero attached hydrogens (tertiary/aromatic N) is 1. The molecular formula is C28H29FN2O5. The van der Waals surface area contributed by atoms with Gasteiger partial charge in [0.1, 0.15) is 24.2 Å². The van der Waals surface area contributed by atoms with E-state index < -0.39 is 23.9 Å². The number of ether oxygens (including phenoxy) is 2. The lowest BCUT2D eigenvalue weighted by molar-refractivity contribution is -0.149. The third kappa shape index (κ3) is 5.37. The van der Waals surface area contributed by atoms with Gasteiger partial charge < -0.3 is 24.1 Å². The number of fused-ring (bicyclic) bond motifs is 1. The first-order valence-corrected chi connectivity index (χ1v) is 12.4. The predicted octanol–water partition coefficient (Wildman–Crippen LogP) is 4.78. The number of hydrogen-bond acceptors (Lipinski definition) is 5. The molecule has 0 radical (unpaired) electrons. The Morgan fingerprint density at radius 1 is 0.972 bits per heavy atom. The first kappa shape index (κ1) is 23.9. The summed E-state index contributed by atoms with van der Waals surface area (Å²) in [6.45, 7) is 0.0400. The molecule has 1 aliphatic carbocycles. The lowest BCUT2D eigenvalue weighted by atomic mass is 9.94. The van der Waals surface area contributed by atoms with E-state index in [0.717, 1.165) is 32.1 Å². The van der Waals surface area contributed by atoms with Gasteiger partial charge in [0.15, 0.2) is 11.5 Å². The van der Waals surface area contributed by atoms with Crippen LogP contribution in [0.4, 0.5) is 4.39 Å². The van der Waals surface area contributed by atoms with Crippen molar-refractivity contribution in [2.75, 3.05) is 6.61 Å². The van der Waals surface area contributed by atoms with Gasteiger partial charge >= 0.3 is 0 Å². The molecule has 1 N–H and O–H groups in total. The number of para-hydroxylation sites is 2. The van der Waals surface area contributed by atoms with Crippen molar-refractivity contribution in [3.63, 3.8) is 0 Å². The van der Waals surface area contributed by atoms with Crippen LogP contribution < -0.4 is 14.8 Å². The van der Waals surface area contributed by atoms with Crippen molar-refractivity contribution in [1.82, 2.24) is 10.2 Å². The molecule has 36 heavy (non-hydrogen) atoms. The molecule has 8 heteroatoms. The maximum absolute atomic E-state index is 13.9. The summed E-state index contributed by atoms with van der Waals surface area (Å²) in [6.07, 6.45) is 5.59. The number of nitrogens with one attached hydrogen (secondary N) is 1. The second-order valence-corrected chi connectivity index (χ2v) is 9.21. The van der Waals surface area contributed by atoms with Gasteiger partial charge in [0.2, 0.25) is 12.0 Å². The van der Waals surface area contributed by atoms with Gasteiger partial charge in [-0.1, -0.05) is 43.5 Å². The van der Waals surface area contributed by atoms with Crippen LogP contribution in [0.25, 0.3) is 0 Å².